The van der Waals surface area contributed by atoms with Gasteiger partial charge in [-0.25, -0.2) is 9.59 Å². The van der Waals surface area contributed by atoms with Crippen LogP contribution in [0, 0.1) is 0 Å². The van der Waals surface area contributed by atoms with Crippen LogP contribution in [0.1, 0.15) is 32.1 Å². The first-order valence-corrected chi connectivity index (χ1v) is 6.87. The summed E-state index contributed by atoms with van der Waals surface area (Å²) in [5, 5.41) is 0. The van der Waals surface area contributed by atoms with Crippen molar-refractivity contribution in [3.63, 3.8) is 0 Å². The van der Waals surface area contributed by atoms with Gasteiger partial charge in [0.1, 0.15) is 6.61 Å². The van der Waals surface area contributed by atoms with E-state index in [1.54, 1.807) is 0 Å². The zero-order chi connectivity index (χ0) is 15.1. The molecule has 0 aliphatic heterocycles. The van der Waals surface area contributed by atoms with Crippen molar-refractivity contribution in [2.45, 2.75) is 32.1 Å². The van der Waals surface area contributed by atoms with Crippen LogP contribution < -0.4 is 0 Å². The molecule has 0 aliphatic rings. The summed E-state index contributed by atoms with van der Waals surface area (Å²) in [6, 6.07) is 0. The predicted octanol–water partition coefficient (Wildman–Crippen LogP) is 2.41. The average Bonchev–Trinajstić information content (AvgIpc) is 2.47. The Morgan fingerprint density at radius 2 is 1.20 bits per heavy atom. The quantitative estimate of drug-likeness (QED) is 0.295. The number of ether oxygens (including phenoxy) is 3. The van der Waals surface area contributed by atoms with Crippen LogP contribution in [0.15, 0.2) is 25.3 Å². The van der Waals surface area contributed by atoms with E-state index >= 15 is 0 Å². The first-order chi connectivity index (χ1) is 9.70. The third-order valence-electron chi connectivity index (χ3n) is 2.48. The maximum atomic E-state index is 10.7. The van der Waals surface area contributed by atoms with E-state index in [9.17, 15) is 9.59 Å². The molecule has 20 heavy (non-hydrogen) atoms. The Morgan fingerprint density at radius 3 is 1.80 bits per heavy atom. The predicted molar refractivity (Wildman–Crippen MR) is 76.2 cm³/mol. The lowest BCUT2D eigenvalue weighted by Crippen LogP contribution is -2.08. The van der Waals surface area contributed by atoms with Gasteiger partial charge >= 0.3 is 11.9 Å². The lowest BCUT2D eigenvalue weighted by Gasteiger charge is -2.05. The third-order valence-corrected chi connectivity index (χ3v) is 2.48. The minimum Gasteiger partial charge on any atom is -0.463 e. The maximum Gasteiger partial charge on any atom is 0.330 e. The molecule has 0 spiro atoms. The zero-order valence-corrected chi connectivity index (χ0v) is 12.0. The van der Waals surface area contributed by atoms with Crippen LogP contribution in [0.2, 0.25) is 0 Å². The largest absolute Gasteiger partial charge is 0.463 e. The molecule has 0 saturated heterocycles. The molecule has 0 bridgehead atoms. The Hall–Kier alpha value is -1.62. The summed E-state index contributed by atoms with van der Waals surface area (Å²) in [6.07, 6.45) is 7.33. The number of esters is 2. The van der Waals surface area contributed by atoms with Gasteiger partial charge in [0.05, 0.1) is 13.2 Å². The van der Waals surface area contributed by atoms with E-state index in [1.807, 2.05) is 0 Å². The molecule has 0 saturated carbocycles. The van der Waals surface area contributed by atoms with E-state index in [4.69, 9.17) is 14.2 Å². The molecular weight excluding hydrogens is 260 g/mol. The smallest absolute Gasteiger partial charge is 0.330 e. The third kappa shape index (κ3) is 12.8. The topological polar surface area (TPSA) is 61.8 Å². The molecule has 0 aromatic carbocycles. The van der Waals surface area contributed by atoms with Crippen molar-refractivity contribution in [3.8, 4) is 0 Å². The van der Waals surface area contributed by atoms with Gasteiger partial charge in [0.2, 0.25) is 0 Å². The Kier molecular flexibility index (Phi) is 12.7. The molecule has 0 fully saturated rings. The van der Waals surface area contributed by atoms with Crippen LogP contribution in [0.25, 0.3) is 0 Å². The summed E-state index contributed by atoms with van der Waals surface area (Å²) in [4.78, 5) is 21.4. The Labute approximate surface area is 120 Å². The summed E-state index contributed by atoms with van der Waals surface area (Å²) in [5.74, 6) is -0.790. The fourth-order valence-corrected chi connectivity index (χ4v) is 1.43. The van der Waals surface area contributed by atoms with Gasteiger partial charge in [-0.1, -0.05) is 32.4 Å². The minimum atomic E-state index is -0.425. The summed E-state index contributed by atoms with van der Waals surface area (Å²) < 4.78 is 14.9. The second-order valence-electron chi connectivity index (χ2n) is 4.12. The van der Waals surface area contributed by atoms with Gasteiger partial charge in [0, 0.05) is 18.8 Å². The highest BCUT2D eigenvalue weighted by atomic mass is 16.6. The standard InChI is InChI=1S/C15H24O5/c1-3-14(16)19-11-9-7-5-6-8-10-18-12-13-20-15(17)4-2/h3-4H,1-2,5-13H2. The molecule has 0 aliphatic carbocycles. The Balaban J connectivity index is 3.09. The molecule has 0 atom stereocenters. The fraction of sp³-hybridized carbons (Fsp3) is 0.600. The number of hydrogen-bond acceptors (Lipinski definition) is 5. The van der Waals surface area contributed by atoms with Gasteiger partial charge in [-0.3, -0.25) is 0 Å². The van der Waals surface area contributed by atoms with E-state index < -0.39 is 5.97 Å². The summed E-state index contributed by atoms with van der Waals surface area (Å²) in [7, 11) is 0. The normalized spacial score (nSPS) is 9.80. The number of carbonyl (C=O) groups excluding carboxylic acids is 2. The van der Waals surface area contributed by atoms with Gasteiger partial charge in [-0.05, 0) is 12.8 Å². The van der Waals surface area contributed by atoms with E-state index in [0.717, 1.165) is 38.2 Å². The summed E-state index contributed by atoms with van der Waals surface area (Å²) in [6.45, 7) is 8.42. The molecule has 0 heterocycles. The second kappa shape index (κ2) is 13.8. The van der Waals surface area contributed by atoms with Crippen molar-refractivity contribution in [1.82, 2.24) is 0 Å². The summed E-state index contributed by atoms with van der Waals surface area (Å²) >= 11 is 0. The average molecular weight is 284 g/mol. The Bertz CT molecular complexity index is 269. The minimum absolute atomic E-state index is 0.263. The van der Waals surface area contributed by atoms with Crippen molar-refractivity contribution in [3.05, 3.63) is 25.3 Å². The van der Waals surface area contributed by atoms with Crippen LogP contribution in [-0.2, 0) is 23.8 Å². The van der Waals surface area contributed by atoms with Gasteiger partial charge in [-0.15, -0.1) is 0 Å². The fourth-order valence-electron chi connectivity index (χ4n) is 1.43. The van der Waals surface area contributed by atoms with Crippen molar-refractivity contribution < 1.29 is 23.8 Å². The maximum absolute atomic E-state index is 10.7. The van der Waals surface area contributed by atoms with Crippen molar-refractivity contribution >= 4 is 11.9 Å². The molecule has 0 N–H and O–H groups in total. The lowest BCUT2D eigenvalue weighted by atomic mass is 10.1. The molecular formula is C15H24O5. The summed E-state index contributed by atoms with van der Waals surface area (Å²) in [5.41, 5.74) is 0. The zero-order valence-electron chi connectivity index (χ0n) is 12.0. The van der Waals surface area contributed by atoms with E-state index in [1.165, 1.54) is 6.08 Å². The first kappa shape index (κ1) is 18.4. The highest BCUT2D eigenvalue weighted by Crippen LogP contribution is 2.03. The van der Waals surface area contributed by atoms with Crippen molar-refractivity contribution in [2.24, 2.45) is 0 Å². The molecule has 5 heteroatoms. The van der Waals surface area contributed by atoms with Crippen LogP contribution in [-0.4, -0.2) is 38.4 Å². The van der Waals surface area contributed by atoms with Crippen LogP contribution in [0.5, 0.6) is 0 Å². The Morgan fingerprint density at radius 1 is 0.700 bits per heavy atom. The number of rotatable bonds is 13. The van der Waals surface area contributed by atoms with Crippen LogP contribution >= 0.6 is 0 Å². The lowest BCUT2D eigenvalue weighted by molar-refractivity contribution is -0.139. The van der Waals surface area contributed by atoms with Crippen molar-refractivity contribution in [1.29, 1.82) is 0 Å². The number of hydrogen-bond donors (Lipinski definition) is 0. The molecule has 0 rings (SSSR count). The van der Waals surface area contributed by atoms with Gasteiger partial charge in [-0.2, -0.15) is 0 Å². The van der Waals surface area contributed by atoms with Crippen LogP contribution in [0.4, 0.5) is 0 Å². The van der Waals surface area contributed by atoms with E-state index in [2.05, 4.69) is 13.2 Å². The molecule has 0 radical (unpaired) electrons. The molecule has 5 nitrogen and oxygen atoms in total. The highest BCUT2D eigenvalue weighted by Gasteiger charge is 1.97. The molecule has 0 aromatic rings. The first-order valence-electron chi connectivity index (χ1n) is 6.87. The monoisotopic (exact) mass is 284 g/mol. The molecule has 0 aromatic heterocycles. The SMILES string of the molecule is C=CC(=O)OCCCCCCCOCCOC(=O)C=C. The van der Waals surface area contributed by atoms with Crippen molar-refractivity contribution in [2.75, 3.05) is 26.4 Å². The number of carbonyl (C=O) groups is 2. The van der Waals surface area contributed by atoms with E-state index in [-0.39, 0.29) is 12.6 Å². The van der Waals surface area contributed by atoms with Gasteiger partial charge in [0.15, 0.2) is 0 Å². The van der Waals surface area contributed by atoms with E-state index in [0.29, 0.717) is 19.8 Å². The van der Waals surface area contributed by atoms with Crippen LogP contribution in [0.3, 0.4) is 0 Å². The second-order valence-corrected chi connectivity index (χ2v) is 4.12. The molecule has 114 valence electrons. The molecule has 0 amide bonds. The molecule has 0 unspecified atom stereocenters. The van der Waals surface area contributed by atoms with Gasteiger partial charge in [0.25, 0.3) is 0 Å². The van der Waals surface area contributed by atoms with Gasteiger partial charge < -0.3 is 14.2 Å². The highest BCUT2D eigenvalue weighted by molar-refractivity contribution is 5.81. The number of unbranched alkanes of at least 4 members (excludes halogenated alkanes) is 4.